The van der Waals surface area contributed by atoms with Crippen molar-refractivity contribution in [2.24, 2.45) is 0 Å². The van der Waals surface area contributed by atoms with Gasteiger partial charge in [0.25, 0.3) is 5.91 Å². The molecule has 0 aliphatic rings. The third-order valence-corrected chi connectivity index (χ3v) is 4.56. The fourth-order valence-corrected chi connectivity index (χ4v) is 2.94. The van der Waals surface area contributed by atoms with Crippen LogP contribution in [0, 0.1) is 0 Å². The summed E-state index contributed by atoms with van der Waals surface area (Å²) in [6.07, 6.45) is 0. The van der Waals surface area contributed by atoms with Crippen molar-refractivity contribution in [1.82, 2.24) is 5.32 Å². The number of hydrogen-bond acceptors (Lipinski definition) is 5. The molecule has 30 heavy (non-hydrogen) atoms. The topological polar surface area (TPSA) is 66.0 Å². The van der Waals surface area contributed by atoms with Gasteiger partial charge in [0.15, 0.2) is 23.0 Å². The van der Waals surface area contributed by atoms with E-state index in [1.807, 2.05) is 48.5 Å². The Hall–Kier alpha value is -3.67. The lowest BCUT2D eigenvalue weighted by molar-refractivity contribution is 0.0950. The Labute approximate surface area is 176 Å². The van der Waals surface area contributed by atoms with Gasteiger partial charge in [-0.25, -0.2) is 0 Å². The molecule has 0 atom stereocenters. The fraction of sp³-hybridized carbons (Fsp3) is 0.208. The molecule has 6 nitrogen and oxygen atoms in total. The van der Waals surface area contributed by atoms with Gasteiger partial charge in [0.05, 0.1) is 21.3 Å². The van der Waals surface area contributed by atoms with Crippen molar-refractivity contribution >= 4 is 5.91 Å². The van der Waals surface area contributed by atoms with Gasteiger partial charge in [-0.2, -0.15) is 0 Å². The first kappa shape index (κ1) is 21.0. The quantitative estimate of drug-likeness (QED) is 0.575. The van der Waals surface area contributed by atoms with E-state index in [-0.39, 0.29) is 5.91 Å². The minimum absolute atomic E-state index is 0.209. The normalized spacial score (nSPS) is 10.2. The van der Waals surface area contributed by atoms with Crippen LogP contribution in [0.4, 0.5) is 0 Å². The molecular formula is C24H25NO5. The minimum atomic E-state index is -0.209. The van der Waals surface area contributed by atoms with Gasteiger partial charge < -0.3 is 24.3 Å². The monoisotopic (exact) mass is 407 g/mol. The van der Waals surface area contributed by atoms with Crippen LogP contribution in [-0.2, 0) is 13.2 Å². The lowest BCUT2D eigenvalue weighted by atomic mass is 10.1. The number of methoxy groups -OCH3 is 3. The maximum Gasteiger partial charge on any atom is 0.251 e. The van der Waals surface area contributed by atoms with Crippen LogP contribution in [0.25, 0.3) is 0 Å². The van der Waals surface area contributed by atoms with Gasteiger partial charge in [0.2, 0.25) is 0 Å². The predicted molar refractivity (Wildman–Crippen MR) is 114 cm³/mol. The summed E-state index contributed by atoms with van der Waals surface area (Å²) in [5.74, 6) is 2.14. The SMILES string of the molecule is COc1ccc(C(=O)NCc2ccc(OCc3ccccc3)c(OC)c2)cc1OC. The van der Waals surface area contributed by atoms with Crippen LogP contribution in [0.2, 0.25) is 0 Å². The second kappa shape index (κ2) is 10.2. The van der Waals surface area contributed by atoms with Gasteiger partial charge in [-0.15, -0.1) is 0 Å². The van der Waals surface area contributed by atoms with Crippen molar-refractivity contribution in [3.05, 3.63) is 83.4 Å². The molecule has 0 saturated carbocycles. The fourth-order valence-electron chi connectivity index (χ4n) is 2.94. The van der Waals surface area contributed by atoms with E-state index in [9.17, 15) is 4.79 Å². The zero-order valence-corrected chi connectivity index (χ0v) is 17.3. The number of nitrogens with one attached hydrogen (secondary N) is 1. The van der Waals surface area contributed by atoms with Gasteiger partial charge in [-0.05, 0) is 41.5 Å². The van der Waals surface area contributed by atoms with Gasteiger partial charge in [0, 0.05) is 12.1 Å². The molecule has 1 amide bonds. The summed E-state index contributed by atoms with van der Waals surface area (Å²) in [6.45, 7) is 0.801. The third-order valence-electron chi connectivity index (χ3n) is 4.56. The van der Waals surface area contributed by atoms with Crippen molar-refractivity contribution < 1.29 is 23.7 Å². The lowest BCUT2D eigenvalue weighted by Gasteiger charge is -2.13. The summed E-state index contributed by atoms with van der Waals surface area (Å²) in [4.78, 5) is 12.5. The van der Waals surface area contributed by atoms with Crippen LogP contribution in [-0.4, -0.2) is 27.2 Å². The molecule has 0 bridgehead atoms. The van der Waals surface area contributed by atoms with Crippen LogP contribution in [0.3, 0.4) is 0 Å². The van der Waals surface area contributed by atoms with Crippen molar-refractivity contribution in [2.45, 2.75) is 13.2 Å². The maximum absolute atomic E-state index is 12.5. The Morgan fingerprint density at radius 3 is 2.10 bits per heavy atom. The second-order valence-electron chi connectivity index (χ2n) is 6.51. The van der Waals surface area contributed by atoms with Crippen molar-refractivity contribution in [3.63, 3.8) is 0 Å². The van der Waals surface area contributed by atoms with E-state index in [4.69, 9.17) is 18.9 Å². The first-order valence-corrected chi connectivity index (χ1v) is 9.48. The first-order chi connectivity index (χ1) is 14.6. The zero-order chi connectivity index (χ0) is 21.3. The highest BCUT2D eigenvalue weighted by molar-refractivity contribution is 5.94. The number of carbonyl (C=O) groups is 1. The molecule has 0 fully saturated rings. The van der Waals surface area contributed by atoms with Gasteiger partial charge in [0.1, 0.15) is 6.61 Å². The number of carbonyl (C=O) groups excluding carboxylic acids is 1. The molecule has 0 radical (unpaired) electrons. The largest absolute Gasteiger partial charge is 0.493 e. The number of rotatable bonds is 9. The van der Waals surface area contributed by atoms with Crippen molar-refractivity contribution in [3.8, 4) is 23.0 Å². The molecule has 1 N–H and O–H groups in total. The second-order valence-corrected chi connectivity index (χ2v) is 6.51. The Balaban J connectivity index is 1.63. The highest BCUT2D eigenvalue weighted by Crippen LogP contribution is 2.29. The molecule has 0 aliphatic heterocycles. The third kappa shape index (κ3) is 5.23. The van der Waals surface area contributed by atoms with Crippen molar-refractivity contribution in [1.29, 1.82) is 0 Å². The molecule has 0 aromatic heterocycles. The van der Waals surface area contributed by atoms with E-state index < -0.39 is 0 Å². The molecular weight excluding hydrogens is 382 g/mol. The first-order valence-electron chi connectivity index (χ1n) is 9.48. The smallest absolute Gasteiger partial charge is 0.251 e. The Bertz CT molecular complexity index is 988. The number of hydrogen-bond donors (Lipinski definition) is 1. The Kier molecular flexibility index (Phi) is 7.16. The predicted octanol–water partition coefficient (Wildman–Crippen LogP) is 4.22. The summed E-state index contributed by atoms with van der Waals surface area (Å²) < 4.78 is 21.8. The molecule has 156 valence electrons. The van der Waals surface area contributed by atoms with E-state index in [2.05, 4.69) is 5.32 Å². The summed E-state index contributed by atoms with van der Waals surface area (Å²) in [6, 6.07) is 20.6. The van der Waals surface area contributed by atoms with Crippen LogP contribution < -0.4 is 24.3 Å². The molecule has 0 unspecified atom stereocenters. The van der Waals surface area contributed by atoms with Gasteiger partial charge in [-0.1, -0.05) is 36.4 Å². The van der Waals surface area contributed by atoms with Crippen LogP contribution in [0.5, 0.6) is 23.0 Å². The van der Waals surface area contributed by atoms with E-state index in [0.29, 0.717) is 41.7 Å². The molecule has 0 saturated heterocycles. The van der Waals surface area contributed by atoms with E-state index in [0.717, 1.165) is 11.1 Å². The molecule has 3 rings (SSSR count). The average molecular weight is 407 g/mol. The van der Waals surface area contributed by atoms with Crippen molar-refractivity contribution in [2.75, 3.05) is 21.3 Å². The highest BCUT2D eigenvalue weighted by atomic mass is 16.5. The molecule has 0 heterocycles. The zero-order valence-electron chi connectivity index (χ0n) is 17.3. The van der Waals surface area contributed by atoms with Crippen LogP contribution in [0.1, 0.15) is 21.5 Å². The summed E-state index contributed by atoms with van der Waals surface area (Å²) in [7, 11) is 4.68. The standard InChI is InChI=1S/C24H25NO5/c1-27-20-12-10-19(14-23(20)29-3)24(26)25-15-18-9-11-21(22(13-18)28-2)30-16-17-7-5-4-6-8-17/h4-14H,15-16H2,1-3H3,(H,25,26). The number of ether oxygens (including phenoxy) is 4. The van der Waals surface area contributed by atoms with E-state index in [1.54, 1.807) is 32.4 Å². The number of benzene rings is 3. The highest BCUT2D eigenvalue weighted by Gasteiger charge is 2.12. The summed E-state index contributed by atoms with van der Waals surface area (Å²) in [5.41, 5.74) is 2.46. The van der Waals surface area contributed by atoms with Gasteiger partial charge in [-0.3, -0.25) is 4.79 Å². The average Bonchev–Trinajstić information content (AvgIpc) is 2.81. The number of amides is 1. The minimum Gasteiger partial charge on any atom is -0.493 e. The van der Waals surface area contributed by atoms with E-state index in [1.165, 1.54) is 7.11 Å². The molecule has 6 heteroatoms. The molecule has 0 aliphatic carbocycles. The molecule has 0 spiro atoms. The Morgan fingerprint density at radius 2 is 1.40 bits per heavy atom. The molecule has 3 aromatic rings. The Morgan fingerprint density at radius 1 is 0.733 bits per heavy atom. The molecule has 3 aromatic carbocycles. The maximum atomic E-state index is 12.5. The van der Waals surface area contributed by atoms with Gasteiger partial charge >= 0.3 is 0 Å². The lowest BCUT2D eigenvalue weighted by Crippen LogP contribution is -2.22. The van der Waals surface area contributed by atoms with Crippen LogP contribution >= 0.6 is 0 Å². The van der Waals surface area contributed by atoms with E-state index >= 15 is 0 Å². The summed E-state index contributed by atoms with van der Waals surface area (Å²) in [5, 5.41) is 2.90. The summed E-state index contributed by atoms with van der Waals surface area (Å²) >= 11 is 0. The van der Waals surface area contributed by atoms with Crippen LogP contribution in [0.15, 0.2) is 66.7 Å².